The molecule has 11 aromatic rings. The SMILES string of the molecule is c1ccc(-c2nc(-c3cccc(-c4cc5ccccc5c5ccc6ncccc6c45)c3)nc(-c3cccc4oc5cc6ccccc6cc5c34)n2)cc1. The zero-order valence-corrected chi connectivity index (χ0v) is 28.4. The number of nitrogens with zero attached hydrogens (tertiary/aromatic N) is 4. The molecular weight excluding hydrogens is 649 g/mol. The van der Waals surface area contributed by atoms with E-state index in [1.54, 1.807) is 0 Å². The summed E-state index contributed by atoms with van der Waals surface area (Å²) < 4.78 is 6.44. The Kier molecular flexibility index (Phi) is 6.48. The van der Waals surface area contributed by atoms with Gasteiger partial charge in [-0.3, -0.25) is 4.98 Å². The van der Waals surface area contributed by atoms with Crippen molar-refractivity contribution in [3.8, 4) is 45.3 Å². The molecule has 246 valence electrons. The minimum Gasteiger partial charge on any atom is -0.456 e. The molecule has 0 amide bonds. The summed E-state index contributed by atoms with van der Waals surface area (Å²) in [7, 11) is 0. The molecule has 3 heterocycles. The zero-order chi connectivity index (χ0) is 34.9. The molecule has 0 aliphatic heterocycles. The summed E-state index contributed by atoms with van der Waals surface area (Å²) in [6.45, 7) is 0. The molecule has 0 radical (unpaired) electrons. The Hall–Kier alpha value is -7.24. The number of hydrogen-bond acceptors (Lipinski definition) is 5. The fourth-order valence-corrected chi connectivity index (χ4v) is 7.86. The third-order valence-electron chi connectivity index (χ3n) is 10.3. The minimum absolute atomic E-state index is 0.592. The first kappa shape index (κ1) is 29.5. The van der Waals surface area contributed by atoms with Gasteiger partial charge in [-0.05, 0) is 85.9 Å². The number of hydrogen-bond donors (Lipinski definition) is 0. The first-order valence-corrected chi connectivity index (χ1v) is 17.7. The van der Waals surface area contributed by atoms with Crippen molar-refractivity contribution < 1.29 is 4.42 Å². The van der Waals surface area contributed by atoms with Crippen LogP contribution in [0.15, 0.2) is 174 Å². The molecule has 5 nitrogen and oxygen atoms in total. The van der Waals surface area contributed by atoms with E-state index in [0.717, 1.165) is 71.4 Å². The second kappa shape index (κ2) is 11.7. The van der Waals surface area contributed by atoms with Crippen LogP contribution < -0.4 is 0 Å². The van der Waals surface area contributed by atoms with Gasteiger partial charge in [-0.15, -0.1) is 0 Å². The summed E-state index contributed by atoms with van der Waals surface area (Å²) in [5, 5.41) is 10.2. The van der Waals surface area contributed by atoms with Gasteiger partial charge < -0.3 is 4.42 Å². The molecule has 0 saturated heterocycles. The third-order valence-corrected chi connectivity index (χ3v) is 10.3. The van der Waals surface area contributed by atoms with Crippen molar-refractivity contribution in [3.05, 3.63) is 170 Å². The highest BCUT2D eigenvalue weighted by Crippen LogP contribution is 2.41. The zero-order valence-electron chi connectivity index (χ0n) is 28.4. The molecule has 0 fully saturated rings. The van der Waals surface area contributed by atoms with Gasteiger partial charge in [0.15, 0.2) is 17.5 Å². The predicted molar refractivity (Wildman–Crippen MR) is 217 cm³/mol. The molecule has 0 spiro atoms. The van der Waals surface area contributed by atoms with Crippen LogP contribution in [0.25, 0.3) is 110 Å². The van der Waals surface area contributed by atoms with Gasteiger partial charge in [-0.2, -0.15) is 0 Å². The molecule has 3 aromatic heterocycles. The Bertz CT molecular complexity index is 3240. The molecule has 11 rings (SSSR count). The van der Waals surface area contributed by atoms with Crippen LogP contribution in [0.1, 0.15) is 0 Å². The molecule has 53 heavy (non-hydrogen) atoms. The molecule has 0 aliphatic rings. The summed E-state index contributed by atoms with van der Waals surface area (Å²) in [4.78, 5) is 20.2. The monoisotopic (exact) mass is 676 g/mol. The van der Waals surface area contributed by atoms with Gasteiger partial charge in [-0.1, -0.05) is 121 Å². The van der Waals surface area contributed by atoms with Gasteiger partial charge in [0, 0.05) is 39.0 Å². The van der Waals surface area contributed by atoms with E-state index in [2.05, 4.69) is 115 Å². The topological polar surface area (TPSA) is 64.7 Å². The van der Waals surface area contributed by atoms with Crippen molar-refractivity contribution >= 4 is 65.2 Å². The Morgan fingerprint density at radius 3 is 1.94 bits per heavy atom. The molecule has 0 atom stereocenters. The van der Waals surface area contributed by atoms with Crippen molar-refractivity contribution in [3.63, 3.8) is 0 Å². The van der Waals surface area contributed by atoms with Gasteiger partial charge in [0.25, 0.3) is 0 Å². The maximum Gasteiger partial charge on any atom is 0.164 e. The van der Waals surface area contributed by atoms with E-state index < -0.39 is 0 Å². The Labute approximate surface area is 303 Å². The van der Waals surface area contributed by atoms with Crippen LogP contribution in [0.3, 0.4) is 0 Å². The van der Waals surface area contributed by atoms with Crippen LogP contribution >= 0.6 is 0 Å². The van der Waals surface area contributed by atoms with Gasteiger partial charge in [-0.25, -0.2) is 15.0 Å². The summed E-state index contributed by atoms with van der Waals surface area (Å²) in [6.07, 6.45) is 1.85. The number of aromatic nitrogens is 4. The fourth-order valence-electron chi connectivity index (χ4n) is 7.86. The van der Waals surface area contributed by atoms with Gasteiger partial charge in [0.05, 0.1) is 5.52 Å². The maximum absolute atomic E-state index is 6.44. The predicted octanol–water partition coefficient (Wildman–Crippen LogP) is 12.4. The van der Waals surface area contributed by atoms with Gasteiger partial charge in [0.1, 0.15) is 11.2 Å². The highest BCUT2D eigenvalue weighted by Gasteiger charge is 2.19. The van der Waals surface area contributed by atoms with Crippen LogP contribution in [-0.2, 0) is 0 Å². The lowest BCUT2D eigenvalue weighted by Crippen LogP contribution is -2.00. The summed E-state index contributed by atoms with van der Waals surface area (Å²) in [5.41, 5.74) is 7.53. The average molecular weight is 677 g/mol. The van der Waals surface area contributed by atoms with Crippen LogP contribution in [0, 0.1) is 0 Å². The first-order valence-electron chi connectivity index (χ1n) is 17.7. The first-order chi connectivity index (χ1) is 26.2. The Morgan fingerprint density at radius 1 is 0.358 bits per heavy atom. The molecule has 0 saturated carbocycles. The highest BCUT2D eigenvalue weighted by molar-refractivity contribution is 6.22. The van der Waals surface area contributed by atoms with E-state index in [9.17, 15) is 0 Å². The van der Waals surface area contributed by atoms with Crippen molar-refractivity contribution in [2.75, 3.05) is 0 Å². The van der Waals surface area contributed by atoms with Crippen LogP contribution in [0.2, 0.25) is 0 Å². The van der Waals surface area contributed by atoms with Crippen molar-refractivity contribution in [2.45, 2.75) is 0 Å². The number of pyridine rings is 1. The van der Waals surface area contributed by atoms with Crippen LogP contribution in [0.5, 0.6) is 0 Å². The standard InChI is InChI=1S/C48H28N4O/c1-2-11-29(12-3-1)46-50-47(52-48(51-46)38-19-9-21-42-45(38)40-26-30-13-4-5-14-31(30)28-43(40)53-42)34-17-8-16-32(25-34)39-27-33-15-6-7-18-35(33)36-22-23-41-37(44(36)39)20-10-24-49-41/h1-28H. The number of furan rings is 1. The van der Waals surface area contributed by atoms with E-state index in [1.807, 2.05) is 54.7 Å². The van der Waals surface area contributed by atoms with Crippen molar-refractivity contribution in [1.82, 2.24) is 19.9 Å². The van der Waals surface area contributed by atoms with E-state index in [0.29, 0.717) is 17.5 Å². The largest absolute Gasteiger partial charge is 0.456 e. The second-order valence-electron chi connectivity index (χ2n) is 13.4. The molecule has 0 unspecified atom stereocenters. The van der Waals surface area contributed by atoms with Crippen molar-refractivity contribution in [1.29, 1.82) is 0 Å². The van der Waals surface area contributed by atoms with Crippen LogP contribution in [-0.4, -0.2) is 19.9 Å². The Balaban J connectivity index is 1.15. The van der Waals surface area contributed by atoms with E-state index in [-0.39, 0.29) is 0 Å². The van der Waals surface area contributed by atoms with Crippen molar-refractivity contribution in [2.24, 2.45) is 0 Å². The molecular formula is C48H28N4O. The number of rotatable bonds is 4. The lowest BCUT2D eigenvalue weighted by atomic mass is 9.90. The quantitative estimate of drug-likeness (QED) is 0.174. The van der Waals surface area contributed by atoms with E-state index >= 15 is 0 Å². The van der Waals surface area contributed by atoms with Crippen LogP contribution in [0.4, 0.5) is 0 Å². The average Bonchev–Trinajstić information content (AvgIpc) is 3.60. The molecule has 8 aromatic carbocycles. The minimum atomic E-state index is 0.592. The summed E-state index contributed by atoms with van der Waals surface area (Å²) in [5.74, 6) is 1.80. The van der Waals surface area contributed by atoms with Gasteiger partial charge >= 0.3 is 0 Å². The number of fused-ring (bicyclic) bond motifs is 9. The molecule has 0 aliphatic carbocycles. The third kappa shape index (κ3) is 4.79. The number of benzene rings is 8. The Morgan fingerprint density at radius 2 is 1.06 bits per heavy atom. The molecule has 0 N–H and O–H groups in total. The highest BCUT2D eigenvalue weighted by atomic mass is 16.3. The van der Waals surface area contributed by atoms with E-state index in [4.69, 9.17) is 24.4 Å². The fraction of sp³-hybridized carbons (Fsp3) is 0. The van der Waals surface area contributed by atoms with Gasteiger partial charge in [0.2, 0.25) is 0 Å². The smallest absolute Gasteiger partial charge is 0.164 e. The lowest BCUT2D eigenvalue weighted by molar-refractivity contribution is 0.669. The normalized spacial score (nSPS) is 11.8. The molecule has 0 bridgehead atoms. The summed E-state index contributed by atoms with van der Waals surface area (Å²) >= 11 is 0. The molecule has 5 heteroatoms. The van der Waals surface area contributed by atoms with E-state index in [1.165, 1.54) is 21.5 Å². The maximum atomic E-state index is 6.44. The lowest BCUT2D eigenvalue weighted by Gasteiger charge is -2.14. The summed E-state index contributed by atoms with van der Waals surface area (Å²) in [6, 6.07) is 56.8. The second-order valence-corrected chi connectivity index (χ2v) is 13.4.